The lowest BCUT2D eigenvalue weighted by molar-refractivity contribution is 0.217. The summed E-state index contributed by atoms with van der Waals surface area (Å²) in [7, 11) is 0. The maximum absolute atomic E-state index is 9.26. The van der Waals surface area contributed by atoms with Crippen molar-refractivity contribution >= 4 is 0 Å². The Bertz CT molecular complexity index is 295. The highest BCUT2D eigenvalue weighted by atomic mass is 16.3. The van der Waals surface area contributed by atoms with Gasteiger partial charge in [-0.25, -0.2) is 0 Å². The molecule has 1 aromatic rings. The Kier molecular flexibility index (Phi) is 2.75. The topological polar surface area (TPSA) is 38.0 Å². The van der Waals surface area contributed by atoms with E-state index < -0.39 is 0 Å². The van der Waals surface area contributed by atoms with E-state index in [0.29, 0.717) is 6.04 Å². The third kappa shape index (κ3) is 1.76. The Morgan fingerprint density at radius 3 is 2.93 bits per heavy atom. The zero-order valence-electron chi connectivity index (χ0n) is 8.69. The van der Waals surface area contributed by atoms with Crippen LogP contribution >= 0.6 is 0 Å². The minimum absolute atomic E-state index is 0.283. The van der Waals surface area contributed by atoms with Crippen molar-refractivity contribution in [2.75, 3.05) is 0 Å². The fourth-order valence-corrected chi connectivity index (χ4v) is 2.52. The molecule has 2 rings (SSSR count). The van der Waals surface area contributed by atoms with Crippen LogP contribution in [0.3, 0.4) is 0 Å². The summed E-state index contributed by atoms with van der Waals surface area (Å²) in [5, 5.41) is 13.5. The predicted molar refractivity (Wildman–Crippen MR) is 55.2 cm³/mol. The van der Waals surface area contributed by atoms with Crippen LogP contribution in [-0.4, -0.2) is 14.9 Å². The zero-order valence-corrected chi connectivity index (χ0v) is 8.69. The number of nitrogens with zero attached hydrogens (tertiary/aromatic N) is 2. The van der Waals surface area contributed by atoms with Gasteiger partial charge >= 0.3 is 0 Å². The molecule has 2 unspecified atom stereocenters. The molecule has 14 heavy (non-hydrogen) atoms. The minimum Gasteiger partial charge on any atom is -0.505 e. The van der Waals surface area contributed by atoms with Crippen LogP contribution in [0.25, 0.3) is 0 Å². The standard InChI is InChI=1S/C11H18N2O/c1-2-9-5-3-4-6-11(9)13-8-10(14)7-12-13/h7-9,11,14H,2-6H2,1H3. The minimum atomic E-state index is 0.283. The van der Waals surface area contributed by atoms with Crippen molar-refractivity contribution in [1.82, 2.24) is 9.78 Å². The van der Waals surface area contributed by atoms with Crippen LogP contribution in [-0.2, 0) is 0 Å². The zero-order chi connectivity index (χ0) is 9.97. The van der Waals surface area contributed by atoms with Crippen LogP contribution in [0, 0.1) is 5.92 Å². The first-order chi connectivity index (χ1) is 6.81. The van der Waals surface area contributed by atoms with Gasteiger partial charge in [-0.3, -0.25) is 4.68 Å². The van der Waals surface area contributed by atoms with Crippen LogP contribution < -0.4 is 0 Å². The Morgan fingerprint density at radius 1 is 1.50 bits per heavy atom. The van der Waals surface area contributed by atoms with Crippen LogP contribution in [0.2, 0.25) is 0 Å². The van der Waals surface area contributed by atoms with Crippen molar-refractivity contribution in [3.8, 4) is 5.75 Å². The fraction of sp³-hybridized carbons (Fsp3) is 0.727. The van der Waals surface area contributed by atoms with Crippen molar-refractivity contribution in [1.29, 1.82) is 0 Å². The van der Waals surface area contributed by atoms with Crippen LogP contribution in [0.5, 0.6) is 5.75 Å². The lowest BCUT2D eigenvalue weighted by Crippen LogP contribution is -2.23. The van der Waals surface area contributed by atoms with Gasteiger partial charge in [-0.2, -0.15) is 5.10 Å². The molecular weight excluding hydrogens is 176 g/mol. The molecule has 0 bridgehead atoms. The van der Waals surface area contributed by atoms with Gasteiger partial charge < -0.3 is 5.11 Å². The molecule has 0 aliphatic heterocycles. The van der Waals surface area contributed by atoms with Crippen molar-refractivity contribution in [3.63, 3.8) is 0 Å². The van der Waals surface area contributed by atoms with E-state index in [2.05, 4.69) is 12.0 Å². The molecule has 0 spiro atoms. The van der Waals surface area contributed by atoms with Gasteiger partial charge in [-0.05, 0) is 18.8 Å². The lowest BCUT2D eigenvalue weighted by Gasteiger charge is -2.30. The summed E-state index contributed by atoms with van der Waals surface area (Å²) in [5.74, 6) is 1.02. The Labute approximate surface area is 84.7 Å². The molecule has 1 saturated carbocycles. The smallest absolute Gasteiger partial charge is 0.153 e. The normalized spacial score (nSPS) is 27.8. The SMILES string of the molecule is CCC1CCCCC1n1cc(O)cn1. The second-order valence-corrected chi connectivity index (χ2v) is 4.20. The second kappa shape index (κ2) is 4.03. The summed E-state index contributed by atoms with van der Waals surface area (Å²) in [6, 6.07) is 0.509. The number of aromatic nitrogens is 2. The molecule has 1 heterocycles. The molecule has 1 aliphatic rings. The molecular formula is C11H18N2O. The van der Waals surface area contributed by atoms with E-state index in [-0.39, 0.29) is 5.75 Å². The lowest BCUT2D eigenvalue weighted by atomic mass is 9.83. The van der Waals surface area contributed by atoms with Crippen LogP contribution in [0.15, 0.2) is 12.4 Å². The third-order valence-electron chi connectivity index (χ3n) is 3.32. The van der Waals surface area contributed by atoms with Gasteiger partial charge in [0.2, 0.25) is 0 Å². The van der Waals surface area contributed by atoms with Gasteiger partial charge in [0.25, 0.3) is 0 Å². The summed E-state index contributed by atoms with van der Waals surface area (Å²) in [5.41, 5.74) is 0. The highest BCUT2D eigenvalue weighted by Crippen LogP contribution is 2.35. The number of hydrogen-bond acceptors (Lipinski definition) is 2. The summed E-state index contributed by atoms with van der Waals surface area (Å²) in [6.45, 7) is 2.24. The number of hydrogen-bond donors (Lipinski definition) is 1. The maximum Gasteiger partial charge on any atom is 0.153 e. The summed E-state index contributed by atoms with van der Waals surface area (Å²) < 4.78 is 1.95. The van der Waals surface area contributed by atoms with Gasteiger partial charge in [-0.1, -0.05) is 26.2 Å². The molecule has 0 radical (unpaired) electrons. The number of rotatable bonds is 2. The summed E-state index contributed by atoms with van der Waals surface area (Å²) >= 11 is 0. The fourth-order valence-electron chi connectivity index (χ4n) is 2.52. The van der Waals surface area contributed by atoms with E-state index in [1.54, 1.807) is 6.20 Å². The van der Waals surface area contributed by atoms with E-state index in [1.165, 1.54) is 38.3 Å². The second-order valence-electron chi connectivity index (χ2n) is 4.20. The highest BCUT2D eigenvalue weighted by Gasteiger charge is 2.25. The highest BCUT2D eigenvalue weighted by molar-refractivity contribution is 5.09. The van der Waals surface area contributed by atoms with E-state index >= 15 is 0 Å². The van der Waals surface area contributed by atoms with Crippen LogP contribution in [0.1, 0.15) is 45.1 Å². The first-order valence-corrected chi connectivity index (χ1v) is 5.54. The van der Waals surface area contributed by atoms with Crippen molar-refractivity contribution in [2.24, 2.45) is 5.92 Å². The molecule has 1 aliphatic carbocycles. The molecule has 1 aromatic heterocycles. The monoisotopic (exact) mass is 194 g/mol. The quantitative estimate of drug-likeness (QED) is 0.786. The summed E-state index contributed by atoms with van der Waals surface area (Å²) in [6.07, 6.45) is 9.65. The molecule has 0 saturated heterocycles. The van der Waals surface area contributed by atoms with Gasteiger partial charge in [0.05, 0.1) is 18.4 Å². The number of aromatic hydroxyl groups is 1. The van der Waals surface area contributed by atoms with E-state index in [1.807, 2.05) is 4.68 Å². The molecule has 3 nitrogen and oxygen atoms in total. The van der Waals surface area contributed by atoms with Gasteiger partial charge in [0.1, 0.15) is 0 Å². The van der Waals surface area contributed by atoms with E-state index in [0.717, 1.165) is 5.92 Å². The molecule has 0 aromatic carbocycles. The van der Waals surface area contributed by atoms with Gasteiger partial charge in [0.15, 0.2) is 5.75 Å². The van der Waals surface area contributed by atoms with Crippen molar-refractivity contribution in [3.05, 3.63) is 12.4 Å². The van der Waals surface area contributed by atoms with Gasteiger partial charge in [-0.15, -0.1) is 0 Å². The summed E-state index contributed by atoms with van der Waals surface area (Å²) in [4.78, 5) is 0. The average molecular weight is 194 g/mol. The maximum atomic E-state index is 9.26. The predicted octanol–water partition coefficient (Wildman–Crippen LogP) is 2.73. The third-order valence-corrected chi connectivity index (χ3v) is 3.32. The largest absolute Gasteiger partial charge is 0.505 e. The first-order valence-electron chi connectivity index (χ1n) is 5.54. The average Bonchev–Trinajstić information content (AvgIpc) is 2.65. The van der Waals surface area contributed by atoms with Crippen molar-refractivity contribution < 1.29 is 5.11 Å². The van der Waals surface area contributed by atoms with Crippen LogP contribution in [0.4, 0.5) is 0 Å². The van der Waals surface area contributed by atoms with Crippen molar-refractivity contribution in [2.45, 2.75) is 45.1 Å². The Balaban J connectivity index is 2.14. The molecule has 1 fully saturated rings. The first kappa shape index (κ1) is 9.56. The molecule has 78 valence electrons. The molecule has 3 heteroatoms. The molecule has 0 amide bonds. The van der Waals surface area contributed by atoms with E-state index in [9.17, 15) is 5.11 Å². The Hall–Kier alpha value is -0.990. The Morgan fingerprint density at radius 2 is 2.29 bits per heavy atom. The molecule has 2 atom stereocenters. The molecule has 1 N–H and O–H groups in total. The van der Waals surface area contributed by atoms with E-state index in [4.69, 9.17) is 0 Å². The van der Waals surface area contributed by atoms with Gasteiger partial charge in [0, 0.05) is 0 Å².